The molecular weight excluding hydrogens is 322 g/mol. The van der Waals surface area contributed by atoms with Crippen LogP contribution in [0.25, 0.3) is 0 Å². The van der Waals surface area contributed by atoms with Gasteiger partial charge in [-0.3, -0.25) is 0 Å². The normalized spacial score (nSPS) is 17.0. The van der Waals surface area contributed by atoms with E-state index in [1.807, 2.05) is 16.0 Å². The van der Waals surface area contributed by atoms with Crippen molar-refractivity contribution in [1.82, 2.24) is 0 Å². The minimum absolute atomic E-state index is 0.0315. The molecule has 0 spiro atoms. The van der Waals surface area contributed by atoms with E-state index in [2.05, 4.69) is 6.07 Å². The van der Waals surface area contributed by atoms with Gasteiger partial charge in [0.15, 0.2) is 19.2 Å². The zero-order valence-electron chi connectivity index (χ0n) is 12.0. The van der Waals surface area contributed by atoms with Gasteiger partial charge >= 0.3 is 12.4 Å². The molecule has 0 radical (unpaired) electrons. The highest BCUT2D eigenvalue weighted by molar-refractivity contribution is 7.10. The van der Waals surface area contributed by atoms with Gasteiger partial charge in [0.2, 0.25) is 0 Å². The number of esters is 1. The van der Waals surface area contributed by atoms with Gasteiger partial charge in [-0.25, -0.2) is 4.79 Å². The first kappa shape index (κ1) is 15.1. The van der Waals surface area contributed by atoms with E-state index in [-0.39, 0.29) is 12.1 Å². The maximum atomic E-state index is 11.9. The predicted molar refractivity (Wildman–Crippen MR) is 85.8 cm³/mol. The molecule has 1 aromatic carbocycles. The van der Waals surface area contributed by atoms with Crippen LogP contribution in [-0.4, -0.2) is 30.6 Å². The number of hydrogen-bond acceptors (Lipinski definition) is 4. The van der Waals surface area contributed by atoms with Crippen LogP contribution in [-0.2, 0) is 16.0 Å². The summed E-state index contributed by atoms with van der Waals surface area (Å²) in [4.78, 5) is 13.1. The zero-order chi connectivity index (χ0) is 15.5. The van der Waals surface area contributed by atoms with E-state index in [0.29, 0.717) is 17.1 Å². The van der Waals surface area contributed by atoms with Gasteiger partial charge in [-0.2, -0.15) is 4.58 Å². The lowest BCUT2D eigenvalue weighted by Gasteiger charge is -2.08. The Bertz CT molecular complexity index is 712. The van der Waals surface area contributed by atoms with Crippen molar-refractivity contribution in [2.45, 2.75) is 12.6 Å². The van der Waals surface area contributed by atoms with Crippen molar-refractivity contribution in [1.29, 1.82) is 0 Å². The van der Waals surface area contributed by atoms with Gasteiger partial charge < -0.3 is 9.47 Å². The highest BCUT2D eigenvalue weighted by Gasteiger charge is 2.29. The maximum absolute atomic E-state index is 11.9. The van der Waals surface area contributed by atoms with E-state index in [0.717, 1.165) is 12.1 Å². The Labute approximate surface area is 137 Å². The number of benzene rings is 1. The second kappa shape index (κ2) is 6.50. The summed E-state index contributed by atoms with van der Waals surface area (Å²) in [7, 11) is 1.37. The smallest absolute Gasteiger partial charge is 0.338 e. The largest absolute Gasteiger partial charge is 0.465 e. The molecule has 0 saturated carbocycles. The average molecular weight is 337 g/mol. The van der Waals surface area contributed by atoms with Gasteiger partial charge in [-0.05, 0) is 23.6 Å². The fourth-order valence-electron chi connectivity index (χ4n) is 2.42. The number of halogens is 1. The molecule has 1 aliphatic rings. The first-order valence-electron chi connectivity index (χ1n) is 6.81. The molecule has 22 heavy (non-hydrogen) atoms. The molecule has 4 nitrogen and oxygen atoms in total. The topological polar surface area (TPSA) is 38.5 Å². The quantitative estimate of drug-likeness (QED) is 0.633. The van der Waals surface area contributed by atoms with Crippen LogP contribution in [0.4, 0.5) is 0 Å². The summed E-state index contributed by atoms with van der Waals surface area (Å²) in [6, 6.07) is 9.31. The summed E-state index contributed by atoms with van der Waals surface area (Å²) in [6.45, 7) is 1.23. The van der Waals surface area contributed by atoms with Crippen molar-refractivity contribution in [2.75, 3.05) is 13.7 Å². The molecule has 1 unspecified atom stereocenters. The Balaban J connectivity index is 1.78. The SMILES string of the molecule is COC(=O)c1cccc(Cl)c1C[N+]1=COC(c2cccs2)C1. The highest BCUT2D eigenvalue weighted by Crippen LogP contribution is 2.27. The van der Waals surface area contributed by atoms with Crippen molar-refractivity contribution in [2.24, 2.45) is 0 Å². The molecule has 0 N–H and O–H groups in total. The van der Waals surface area contributed by atoms with Gasteiger partial charge in [0.05, 0.1) is 22.6 Å². The molecule has 0 fully saturated rings. The van der Waals surface area contributed by atoms with Crippen molar-refractivity contribution in [3.8, 4) is 0 Å². The number of nitrogens with zero attached hydrogens (tertiary/aromatic N) is 1. The number of carbonyl (C=O) groups is 1. The molecule has 6 heteroatoms. The van der Waals surface area contributed by atoms with Crippen molar-refractivity contribution < 1.29 is 18.8 Å². The molecule has 2 aromatic rings. The third kappa shape index (κ3) is 3.00. The first-order valence-corrected chi connectivity index (χ1v) is 8.06. The van der Waals surface area contributed by atoms with Crippen LogP contribution < -0.4 is 0 Å². The fourth-order valence-corrected chi connectivity index (χ4v) is 3.40. The summed E-state index contributed by atoms with van der Waals surface area (Å²) in [5.41, 5.74) is 1.24. The van der Waals surface area contributed by atoms with Crippen LogP contribution in [0.2, 0.25) is 5.02 Å². The summed E-state index contributed by atoms with van der Waals surface area (Å²) < 4.78 is 12.5. The summed E-state index contributed by atoms with van der Waals surface area (Å²) in [5.74, 6) is -0.382. The molecule has 1 aliphatic heterocycles. The minimum atomic E-state index is -0.382. The van der Waals surface area contributed by atoms with Crippen LogP contribution >= 0.6 is 22.9 Å². The lowest BCUT2D eigenvalue weighted by molar-refractivity contribution is -0.534. The third-order valence-electron chi connectivity index (χ3n) is 3.52. The van der Waals surface area contributed by atoms with Crippen molar-refractivity contribution in [3.05, 3.63) is 56.7 Å². The van der Waals surface area contributed by atoms with Crippen LogP contribution in [0.5, 0.6) is 0 Å². The number of thiophene rings is 1. The number of carbonyl (C=O) groups excluding carboxylic acids is 1. The second-order valence-corrected chi connectivity index (χ2v) is 6.32. The Kier molecular flexibility index (Phi) is 4.45. The molecular formula is C16H15ClNO3S+. The fraction of sp³-hybridized carbons (Fsp3) is 0.250. The average Bonchev–Trinajstić information content (AvgIpc) is 3.19. The van der Waals surface area contributed by atoms with Crippen LogP contribution in [0, 0.1) is 0 Å². The number of ether oxygens (including phenoxy) is 2. The van der Waals surface area contributed by atoms with Gasteiger partial charge in [-0.1, -0.05) is 23.7 Å². The maximum Gasteiger partial charge on any atom is 0.338 e. The van der Waals surface area contributed by atoms with E-state index in [4.69, 9.17) is 21.1 Å². The Morgan fingerprint density at radius 1 is 1.45 bits per heavy atom. The molecule has 0 aliphatic carbocycles. The molecule has 0 bridgehead atoms. The minimum Gasteiger partial charge on any atom is -0.465 e. The Morgan fingerprint density at radius 2 is 2.32 bits per heavy atom. The van der Waals surface area contributed by atoms with Crippen LogP contribution in [0.1, 0.15) is 26.9 Å². The van der Waals surface area contributed by atoms with Crippen LogP contribution in [0.3, 0.4) is 0 Å². The lowest BCUT2D eigenvalue weighted by Crippen LogP contribution is -2.15. The van der Waals surface area contributed by atoms with E-state index in [9.17, 15) is 4.79 Å². The van der Waals surface area contributed by atoms with Gasteiger partial charge in [-0.15, -0.1) is 11.3 Å². The zero-order valence-corrected chi connectivity index (χ0v) is 13.6. The molecule has 1 aromatic heterocycles. The number of rotatable bonds is 4. The number of methoxy groups -OCH3 is 1. The van der Waals surface area contributed by atoms with Gasteiger partial charge in [0, 0.05) is 5.56 Å². The predicted octanol–water partition coefficient (Wildman–Crippen LogP) is 3.50. The Morgan fingerprint density at radius 3 is 3.05 bits per heavy atom. The standard InChI is InChI=1S/C16H15ClNO3S/c1-20-16(19)11-4-2-5-13(17)12(11)8-18-9-14(21-10-18)15-6-3-7-22-15/h2-7,10,14H,8-9H2,1H3/q+1. The highest BCUT2D eigenvalue weighted by atomic mass is 35.5. The monoisotopic (exact) mass is 336 g/mol. The lowest BCUT2D eigenvalue weighted by atomic mass is 10.1. The first-order chi connectivity index (χ1) is 10.7. The second-order valence-electron chi connectivity index (χ2n) is 4.93. The summed E-state index contributed by atoms with van der Waals surface area (Å²) in [6.07, 6.45) is 1.73. The molecule has 1 atom stereocenters. The number of hydrogen-bond donors (Lipinski definition) is 0. The third-order valence-corrected chi connectivity index (χ3v) is 4.84. The van der Waals surface area contributed by atoms with Gasteiger partial charge in [0.1, 0.15) is 0 Å². The Hall–Kier alpha value is -1.85. The molecule has 3 rings (SSSR count). The van der Waals surface area contributed by atoms with Crippen LogP contribution in [0.15, 0.2) is 35.7 Å². The van der Waals surface area contributed by atoms with E-state index in [1.54, 1.807) is 35.9 Å². The summed E-state index contributed by atoms with van der Waals surface area (Å²) >= 11 is 7.93. The summed E-state index contributed by atoms with van der Waals surface area (Å²) in [5, 5.41) is 2.58. The van der Waals surface area contributed by atoms with E-state index in [1.165, 1.54) is 12.0 Å². The molecule has 114 valence electrons. The molecule has 2 heterocycles. The molecule has 0 amide bonds. The molecule has 0 saturated heterocycles. The van der Waals surface area contributed by atoms with E-state index < -0.39 is 0 Å². The van der Waals surface area contributed by atoms with Gasteiger partial charge in [0.25, 0.3) is 0 Å². The van der Waals surface area contributed by atoms with Crippen molar-refractivity contribution >= 4 is 35.3 Å². The van der Waals surface area contributed by atoms with E-state index >= 15 is 0 Å². The van der Waals surface area contributed by atoms with Crippen molar-refractivity contribution in [3.63, 3.8) is 0 Å².